The molecule has 1 aromatic rings. The molecule has 0 N–H and O–H groups in total. The van der Waals surface area contributed by atoms with E-state index >= 15 is 0 Å². The van der Waals surface area contributed by atoms with Gasteiger partial charge in [-0.1, -0.05) is 44.8 Å². The van der Waals surface area contributed by atoms with Crippen molar-refractivity contribution in [1.29, 1.82) is 0 Å². The number of likely N-dealkylation sites (tertiary alicyclic amines) is 1. The minimum absolute atomic E-state index is 0.187. The summed E-state index contributed by atoms with van der Waals surface area (Å²) in [4.78, 5) is 3.07. The first-order valence-electron chi connectivity index (χ1n) is 5.86. The Hall–Kier alpha value is 0.0700. The molecule has 94 valence electrons. The molecule has 1 aliphatic rings. The maximum Gasteiger partial charge on any atom is 0.124 e. The molecule has 4 heteroatoms. The Labute approximate surface area is 119 Å². The quantitative estimate of drug-likeness (QED) is 0.711. The molecule has 2 rings (SSSR count). The normalized spacial score (nSPS) is 26.1. The molecule has 1 aliphatic heterocycles. The van der Waals surface area contributed by atoms with E-state index in [1.807, 2.05) is 6.07 Å². The van der Waals surface area contributed by atoms with Crippen LogP contribution in [0.3, 0.4) is 0 Å². The number of hydrogen-bond acceptors (Lipinski definition) is 1. The minimum Gasteiger partial charge on any atom is -0.299 e. The van der Waals surface area contributed by atoms with E-state index in [4.69, 9.17) is 0 Å². The lowest BCUT2D eigenvalue weighted by Gasteiger charge is -2.34. The predicted molar refractivity (Wildman–Crippen MR) is 75.9 cm³/mol. The highest BCUT2D eigenvalue weighted by Crippen LogP contribution is 2.26. The maximum atomic E-state index is 13.0. The lowest BCUT2D eigenvalue weighted by molar-refractivity contribution is 0.183. The van der Waals surface area contributed by atoms with Gasteiger partial charge in [-0.15, -0.1) is 0 Å². The summed E-state index contributed by atoms with van der Waals surface area (Å²) in [6.45, 7) is 5.36. The van der Waals surface area contributed by atoms with Gasteiger partial charge in [0.2, 0.25) is 0 Å². The van der Waals surface area contributed by atoms with Gasteiger partial charge in [-0.25, -0.2) is 4.39 Å². The van der Waals surface area contributed by atoms with Crippen LogP contribution in [0, 0.1) is 11.7 Å². The third-order valence-corrected chi connectivity index (χ3v) is 5.39. The van der Waals surface area contributed by atoms with Gasteiger partial charge in [0, 0.05) is 22.4 Å². The van der Waals surface area contributed by atoms with Gasteiger partial charge >= 0.3 is 0 Å². The number of halogens is 3. The predicted octanol–water partition coefficient (Wildman–Crippen LogP) is 4.19. The molecule has 0 aromatic heterocycles. The highest BCUT2D eigenvalue weighted by molar-refractivity contribution is 9.10. The first kappa shape index (κ1) is 13.5. The van der Waals surface area contributed by atoms with Crippen LogP contribution in [-0.2, 0) is 6.54 Å². The number of hydrogen-bond donors (Lipinski definition) is 0. The van der Waals surface area contributed by atoms with Gasteiger partial charge in [-0.2, -0.15) is 0 Å². The smallest absolute Gasteiger partial charge is 0.124 e. The topological polar surface area (TPSA) is 3.24 Å². The average molecular weight is 365 g/mol. The molecule has 0 spiro atoms. The van der Waals surface area contributed by atoms with Crippen molar-refractivity contribution in [2.75, 3.05) is 13.1 Å². The van der Waals surface area contributed by atoms with Crippen molar-refractivity contribution in [3.8, 4) is 0 Å². The Morgan fingerprint density at radius 3 is 2.88 bits per heavy atom. The third kappa shape index (κ3) is 3.52. The number of benzene rings is 1. The molecule has 2 atom stereocenters. The highest BCUT2D eigenvalue weighted by Gasteiger charge is 2.24. The summed E-state index contributed by atoms with van der Waals surface area (Å²) < 4.78 is 13.9. The lowest BCUT2D eigenvalue weighted by atomic mass is 9.99. The Morgan fingerprint density at radius 2 is 2.24 bits per heavy atom. The van der Waals surface area contributed by atoms with Gasteiger partial charge in [-0.3, -0.25) is 4.90 Å². The van der Waals surface area contributed by atoms with E-state index in [1.54, 1.807) is 0 Å². The van der Waals surface area contributed by atoms with Crippen LogP contribution < -0.4 is 0 Å². The zero-order valence-corrected chi connectivity index (χ0v) is 13.0. The number of nitrogens with zero attached hydrogens (tertiary/aromatic N) is 1. The van der Waals surface area contributed by atoms with E-state index in [0.29, 0.717) is 10.7 Å². The Balaban J connectivity index is 2.01. The Morgan fingerprint density at radius 1 is 1.47 bits per heavy atom. The van der Waals surface area contributed by atoms with Gasteiger partial charge in [0.15, 0.2) is 0 Å². The van der Waals surface area contributed by atoms with Crippen molar-refractivity contribution in [1.82, 2.24) is 4.90 Å². The SMILES string of the molecule is CC1CN(Cc2ccc(F)cc2Br)CCC1Br. The van der Waals surface area contributed by atoms with Gasteiger partial charge in [0.05, 0.1) is 0 Å². The number of alkyl halides is 1. The molecule has 1 nitrogen and oxygen atoms in total. The largest absolute Gasteiger partial charge is 0.299 e. The van der Waals surface area contributed by atoms with Gasteiger partial charge in [0.1, 0.15) is 5.82 Å². The Bertz CT molecular complexity index is 397. The molecule has 0 aliphatic carbocycles. The molecule has 0 radical (unpaired) electrons. The molecule has 1 fully saturated rings. The van der Waals surface area contributed by atoms with Crippen molar-refractivity contribution in [2.45, 2.75) is 24.7 Å². The summed E-state index contributed by atoms with van der Waals surface area (Å²) in [6.07, 6.45) is 1.18. The number of piperidine rings is 1. The van der Waals surface area contributed by atoms with E-state index < -0.39 is 0 Å². The van der Waals surface area contributed by atoms with Crippen LogP contribution in [-0.4, -0.2) is 22.8 Å². The number of rotatable bonds is 2. The summed E-state index contributed by atoms with van der Waals surface area (Å²) >= 11 is 7.13. The van der Waals surface area contributed by atoms with Crippen LogP contribution in [0.15, 0.2) is 22.7 Å². The van der Waals surface area contributed by atoms with Crippen molar-refractivity contribution < 1.29 is 4.39 Å². The van der Waals surface area contributed by atoms with E-state index in [0.717, 1.165) is 29.7 Å². The zero-order chi connectivity index (χ0) is 12.4. The molecule has 1 aromatic carbocycles. The monoisotopic (exact) mass is 363 g/mol. The van der Waals surface area contributed by atoms with E-state index in [-0.39, 0.29) is 5.82 Å². The maximum absolute atomic E-state index is 13.0. The van der Waals surface area contributed by atoms with Crippen LogP contribution in [0.2, 0.25) is 0 Å². The van der Waals surface area contributed by atoms with Crippen LogP contribution in [0.4, 0.5) is 4.39 Å². The van der Waals surface area contributed by atoms with Crippen molar-refractivity contribution in [2.24, 2.45) is 5.92 Å². The fourth-order valence-corrected chi connectivity index (χ4v) is 3.09. The summed E-state index contributed by atoms with van der Waals surface area (Å²) in [7, 11) is 0. The van der Waals surface area contributed by atoms with E-state index in [2.05, 4.69) is 43.7 Å². The molecule has 1 saturated heterocycles. The fourth-order valence-electron chi connectivity index (χ4n) is 2.24. The second-order valence-electron chi connectivity index (χ2n) is 4.75. The van der Waals surface area contributed by atoms with Gasteiger partial charge in [-0.05, 0) is 36.6 Å². The molecule has 0 amide bonds. The molecule has 0 saturated carbocycles. The molecule has 17 heavy (non-hydrogen) atoms. The van der Waals surface area contributed by atoms with Crippen LogP contribution >= 0.6 is 31.9 Å². The molecule has 0 bridgehead atoms. The summed E-state index contributed by atoms with van der Waals surface area (Å²) in [5.74, 6) is 0.483. The minimum atomic E-state index is -0.187. The zero-order valence-electron chi connectivity index (χ0n) is 9.80. The molecule has 1 heterocycles. The highest BCUT2D eigenvalue weighted by atomic mass is 79.9. The molecular formula is C13H16Br2FN. The van der Waals surface area contributed by atoms with Crippen molar-refractivity contribution in [3.63, 3.8) is 0 Å². The fraction of sp³-hybridized carbons (Fsp3) is 0.538. The van der Waals surface area contributed by atoms with Crippen molar-refractivity contribution >= 4 is 31.9 Å². The first-order valence-corrected chi connectivity index (χ1v) is 7.57. The van der Waals surface area contributed by atoms with E-state index in [9.17, 15) is 4.39 Å². The lowest BCUT2D eigenvalue weighted by Crippen LogP contribution is -2.39. The Kier molecular flexibility index (Phi) is 4.61. The van der Waals surface area contributed by atoms with Crippen LogP contribution in [0.5, 0.6) is 0 Å². The second kappa shape index (κ2) is 5.81. The van der Waals surface area contributed by atoms with Crippen LogP contribution in [0.1, 0.15) is 18.9 Å². The standard InChI is InChI=1S/C13H16Br2FN/c1-9-7-17(5-4-12(9)14)8-10-2-3-11(16)6-13(10)15/h2-3,6,9,12H,4-5,7-8H2,1H3. The average Bonchev–Trinajstić information content (AvgIpc) is 2.27. The summed E-state index contributed by atoms with van der Waals surface area (Å²) in [5.41, 5.74) is 1.16. The summed E-state index contributed by atoms with van der Waals surface area (Å²) in [6, 6.07) is 4.93. The van der Waals surface area contributed by atoms with Gasteiger partial charge in [0.25, 0.3) is 0 Å². The summed E-state index contributed by atoms with van der Waals surface area (Å²) in [5, 5.41) is 0. The first-order chi connectivity index (χ1) is 8.06. The van der Waals surface area contributed by atoms with Crippen molar-refractivity contribution in [3.05, 3.63) is 34.1 Å². The van der Waals surface area contributed by atoms with E-state index in [1.165, 1.54) is 18.6 Å². The second-order valence-corrected chi connectivity index (χ2v) is 6.78. The van der Waals surface area contributed by atoms with Gasteiger partial charge < -0.3 is 0 Å². The molecule has 2 unspecified atom stereocenters. The van der Waals surface area contributed by atoms with Crippen LogP contribution in [0.25, 0.3) is 0 Å². The third-order valence-electron chi connectivity index (χ3n) is 3.29. The molecular weight excluding hydrogens is 349 g/mol.